The highest BCUT2D eigenvalue weighted by molar-refractivity contribution is 5.89. The number of nitrogens with one attached hydrogen (secondary N) is 1. The standard InChI is InChI=1S/C20H20N2O2/c1-13-6-7-18-16(10-13)17(11-21-18)19(20(23)24)22-9-8-14-4-2-3-5-15(14)12-22/h2-7,10-11,19,21H,8-9,12H2,1H3,(H,23,24)/t19-/m1/s1. The van der Waals surface area contributed by atoms with Crippen LogP contribution in [0.4, 0.5) is 0 Å². The third-order valence-corrected chi connectivity index (χ3v) is 4.92. The molecule has 0 bridgehead atoms. The minimum Gasteiger partial charge on any atom is -0.480 e. The Morgan fingerprint density at radius 2 is 2.00 bits per heavy atom. The van der Waals surface area contributed by atoms with Gasteiger partial charge in [-0.25, -0.2) is 0 Å². The number of fused-ring (bicyclic) bond motifs is 2. The molecule has 0 fully saturated rings. The average molecular weight is 320 g/mol. The summed E-state index contributed by atoms with van der Waals surface area (Å²) >= 11 is 0. The molecule has 4 heteroatoms. The van der Waals surface area contributed by atoms with Gasteiger partial charge in [-0.1, -0.05) is 35.9 Å². The third-order valence-electron chi connectivity index (χ3n) is 4.92. The van der Waals surface area contributed by atoms with Gasteiger partial charge in [0.25, 0.3) is 0 Å². The van der Waals surface area contributed by atoms with Crippen LogP contribution in [-0.2, 0) is 17.8 Å². The molecule has 0 amide bonds. The van der Waals surface area contributed by atoms with Crippen LogP contribution in [-0.4, -0.2) is 27.5 Å². The van der Waals surface area contributed by atoms with Crippen molar-refractivity contribution in [3.05, 3.63) is 70.9 Å². The molecule has 1 aliphatic rings. The van der Waals surface area contributed by atoms with Crippen molar-refractivity contribution < 1.29 is 9.90 Å². The monoisotopic (exact) mass is 320 g/mol. The molecule has 0 saturated heterocycles. The minimum atomic E-state index is -0.795. The number of carbonyl (C=O) groups is 1. The molecular weight excluding hydrogens is 300 g/mol. The highest BCUT2D eigenvalue weighted by atomic mass is 16.4. The second kappa shape index (κ2) is 5.80. The summed E-state index contributed by atoms with van der Waals surface area (Å²) in [6.45, 7) is 3.46. The zero-order chi connectivity index (χ0) is 16.7. The summed E-state index contributed by atoms with van der Waals surface area (Å²) < 4.78 is 0. The van der Waals surface area contributed by atoms with Crippen molar-refractivity contribution in [3.8, 4) is 0 Å². The molecule has 1 aromatic heterocycles. The third kappa shape index (κ3) is 2.49. The quantitative estimate of drug-likeness (QED) is 0.774. The van der Waals surface area contributed by atoms with E-state index in [4.69, 9.17) is 0 Å². The number of hydrogen-bond acceptors (Lipinski definition) is 2. The SMILES string of the molecule is Cc1ccc2[nH]cc([C@H](C(=O)O)N3CCc4ccccc4C3)c2c1. The number of carboxylic acids is 1. The number of carboxylic acid groups (broad SMARTS) is 1. The molecule has 4 rings (SSSR count). The molecule has 0 radical (unpaired) electrons. The van der Waals surface area contributed by atoms with Crippen LogP contribution in [0.15, 0.2) is 48.7 Å². The molecule has 2 aromatic carbocycles. The Balaban J connectivity index is 1.75. The summed E-state index contributed by atoms with van der Waals surface area (Å²) in [5.41, 5.74) is 5.52. The van der Waals surface area contributed by atoms with Gasteiger partial charge in [-0.05, 0) is 36.6 Å². The van der Waals surface area contributed by atoms with E-state index in [1.54, 1.807) is 0 Å². The maximum Gasteiger partial charge on any atom is 0.325 e. The summed E-state index contributed by atoms with van der Waals surface area (Å²) in [5, 5.41) is 10.9. The van der Waals surface area contributed by atoms with Gasteiger partial charge in [-0.3, -0.25) is 9.69 Å². The van der Waals surface area contributed by atoms with Crippen LogP contribution in [0.25, 0.3) is 10.9 Å². The summed E-state index contributed by atoms with van der Waals surface area (Å²) in [4.78, 5) is 17.4. The number of benzene rings is 2. The van der Waals surface area contributed by atoms with E-state index in [9.17, 15) is 9.90 Å². The van der Waals surface area contributed by atoms with Crippen LogP contribution >= 0.6 is 0 Å². The number of hydrogen-bond donors (Lipinski definition) is 2. The van der Waals surface area contributed by atoms with Gasteiger partial charge < -0.3 is 10.1 Å². The molecule has 2 N–H and O–H groups in total. The van der Waals surface area contributed by atoms with E-state index in [0.29, 0.717) is 6.54 Å². The molecule has 4 nitrogen and oxygen atoms in total. The molecule has 122 valence electrons. The lowest BCUT2D eigenvalue weighted by molar-refractivity contribution is -0.144. The van der Waals surface area contributed by atoms with Crippen molar-refractivity contribution in [1.29, 1.82) is 0 Å². The Bertz CT molecular complexity index is 913. The van der Waals surface area contributed by atoms with Crippen molar-refractivity contribution in [1.82, 2.24) is 9.88 Å². The van der Waals surface area contributed by atoms with Gasteiger partial charge >= 0.3 is 5.97 Å². The summed E-state index contributed by atoms with van der Waals surface area (Å²) in [7, 11) is 0. The average Bonchev–Trinajstić information content (AvgIpc) is 2.97. The zero-order valence-corrected chi connectivity index (χ0v) is 13.6. The van der Waals surface area contributed by atoms with Crippen molar-refractivity contribution >= 4 is 16.9 Å². The predicted octanol–water partition coefficient (Wildman–Crippen LogP) is 3.66. The first-order valence-electron chi connectivity index (χ1n) is 8.25. The molecule has 2 heterocycles. The van der Waals surface area contributed by atoms with E-state index in [2.05, 4.69) is 28.1 Å². The second-order valence-electron chi connectivity index (χ2n) is 6.52. The van der Waals surface area contributed by atoms with E-state index in [1.807, 2.05) is 37.4 Å². The lowest BCUT2D eigenvalue weighted by atomic mass is 9.96. The Morgan fingerprint density at radius 1 is 1.21 bits per heavy atom. The topological polar surface area (TPSA) is 56.3 Å². The van der Waals surface area contributed by atoms with E-state index in [0.717, 1.165) is 35.0 Å². The summed E-state index contributed by atoms with van der Waals surface area (Å²) in [5.74, 6) is -0.795. The van der Waals surface area contributed by atoms with Crippen LogP contribution in [0, 0.1) is 6.92 Å². The summed E-state index contributed by atoms with van der Waals surface area (Å²) in [6, 6.07) is 13.8. The number of H-pyrrole nitrogens is 1. The van der Waals surface area contributed by atoms with Gasteiger partial charge in [0, 0.05) is 35.8 Å². The van der Waals surface area contributed by atoms with Crippen molar-refractivity contribution in [2.45, 2.75) is 25.9 Å². The lowest BCUT2D eigenvalue weighted by Gasteiger charge is -2.33. The molecule has 0 spiro atoms. The van der Waals surface area contributed by atoms with Crippen molar-refractivity contribution in [2.75, 3.05) is 6.54 Å². The number of aromatic amines is 1. The maximum absolute atomic E-state index is 12.1. The number of rotatable bonds is 3. The van der Waals surface area contributed by atoms with Gasteiger partial charge in [0.15, 0.2) is 0 Å². The minimum absolute atomic E-state index is 0.631. The fourth-order valence-corrected chi connectivity index (χ4v) is 3.71. The molecule has 0 aliphatic carbocycles. The van der Waals surface area contributed by atoms with Gasteiger partial charge in [0.1, 0.15) is 6.04 Å². The van der Waals surface area contributed by atoms with Gasteiger partial charge in [-0.2, -0.15) is 0 Å². The number of aryl methyl sites for hydroxylation is 1. The molecule has 0 unspecified atom stereocenters. The molecule has 3 aromatic rings. The van der Waals surface area contributed by atoms with E-state index in [-0.39, 0.29) is 0 Å². The number of aliphatic carboxylic acids is 1. The van der Waals surface area contributed by atoms with Crippen molar-refractivity contribution in [3.63, 3.8) is 0 Å². The van der Waals surface area contributed by atoms with E-state index >= 15 is 0 Å². The van der Waals surface area contributed by atoms with Crippen LogP contribution in [0.2, 0.25) is 0 Å². The molecule has 0 saturated carbocycles. The highest BCUT2D eigenvalue weighted by Crippen LogP contribution is 2.32. The molecular formula is C20H20N2O2. The molecule has 1 atom stereocenters. The van der Waals surface area contributed by atoms with Crippen LogP contribution in [0.5, 0.6) is 0 Å². The Morgan fingerprint density at radius 3 is 2.79 bits per heavy atom. The Kier molecular flexibility index (Phi) is 3.62. The van der Waals surface area contributed by atoms with Crippen LogP contribution in [0.1, 0.15) is 28.3 Å². The van der Waals surface area contributed by atoms with Gasteiger partial charge in [-0.15, -0.1) is 0 Å². The Labute approximate surface area is 140 Å². The number of aromatic nitrogens is 1. The second-order valence-corrected chi connectivity index (χ2v) is 6.52. The van der Waals surface area contributed by atoms with Crippen LogP contribution < -0.4 is 0 Å². The first-order chi connectivity index (χ1) is 11.6. The molecule has 24 heavy (non-hydrogen) atoms. The first-order valence-corrected chi connectivity index (χ1v) is 8.25. The maximum atomic E-state index is 12.1. The smallest absolute Gasteiger partial charge is 0.325 e. The normalized spacial score (nSPS) is 16.0. The van der Waals surface area contributed by atoms with Gasteiger partial charge in [0.2, 0.25) is 0 Å². The van der Waals surface area contributed by atoms with Crippen molar-refractivity contribution in [2.24, 2.45) is 0 Å². The molecule has 1 aliphatic heterocycles. The fourth-order valence-electron chi connectivity index (χ4n) is 3.71. The first kappa shape index (κ1) is 15.0. The van der Waals surface area contributed by atoms with E-state index < -0.39 is 12.0 Å². The van der Waals surface area contributed by atoms with Gasteiger partial charge in [0.05, 0.1) is 0 Å². The highest BCUT2D eigenvalue weighted by Gasteiger charge is 2.31. The van der Waals surface area contributed by atoms with Crippen LogP contribution in [0.3, 0.4) is 0 Å². The Hall–Kier alpha value is -2.59. The summed E-state index contributed by atoms with van der Waals surface area (Å²) in [6.07, 6.45) is 2.74. The fraction of sp³-hybridized carbons (Fsp3) is 0.250. The largest absolute Gasteiger partial charge is 0.480 e. The zero-order valence-electron chi connectivity index (χ0n) is 13.6. The number of nitrogens with zero attached hydrogens (tertiary/aromatic N) is 1. The van der Waals surface area contributed by atoms with E-state index in [1.165, 1.54) is 11.1 Å². The predicted molar refractivity (Wildman–Crippen MR) is 94.0 cm³/mol. The lowest BCUT2D eigenvalue weighted by Crippen LogP contribution is -2.38.